The van der Waals surface area contributed by atoms with Crippen molar-refractivity contribution in [2.24, 2.45) is 11.5 Å². The third kappa shape index (κ3) is 12.3. The highest BCUT2D eigenvalue weighted by Crippen LogP contribution is 1.93. The number of carboxylic acid groups (broad SMARTS) is 3. The van der Waals surface area contributed by atoms with Gasteiger partial charge in [-0.1, -0.05) is 0 Å². The van der Waals surface area contributed by atoms with E-state index in [0.29, 0.717) is 0 Å². The number of hydrogen-bond donors (Lipinski definition) is 5. The summed E-state index contributed by atoms with van der Waals surface area (Å²) in [7, 11) is 0. The molecular formula is C8H16N2O6. The minimum atomic E-state index is -1.17. The number of nitrogens with two attached hydrogens (primary N) is 2. The van der Waals surface area contributed by atoms with Crippen molar-refractivity contribution >= 4 is 17.9 Å². The number of carbonyl (C=O) groups is 3. The standard InChI is InChI=1S/C5H9NO4.C3H7NO2/c6-3(5(9)10)1-2-4(7)8;1-2(4)3(5)6/h3H,1-2,6H2,(H,7,8)(H,9,10);2H,4H2,1H3,(H,5,6). The fourth-order valence-corrected chi connectivity index (χ4v) is 0.402. The van der Waals surface area contributed by atoms with Crippen LogP contribution in [0.5, 0.6) is 0 Å². The van der Waals surface area contributed by atoms with E-state index in [1.165, 1.54) is 6.92 Å². The minimum absolute atomic E-state index is 0.0231. The van der Waals surface area contributed by atoms with Crippen LogP contribution in [0, 0.1) is 0 Å². The van der Waals surface area contributed by atoms with Gasteiger partial charge in [0.05, 0.1) is 0 Å². The molecule has 0 rings (SSSR count). The van der Waals surface area contributed by atoms with Crippen molar-refractivity contribution in [1.29, 1.82) is 0 Å². The zero-order valence-electron chi connectivity index (χ0n) is 8.79. The van der Waals surface area contributed by atoms with Gasteiger partial charge in [-0.05, 0) is 13.3 Å². The first-order chi connectivity index (χ1) is 7.18. The van der Waals surface area contributed by atoms with Crippen LogP contribution in [0.2, 0.25) is 0 Å². The van der Waals surface area contributed by atoms with Crippen LogP contribution < -0.4 is 11.5 Å². The van der Waals surface area contributed by atoms with Crippen molar-refractivity contribution in [3.8, 4) is 0 Å². The van der Waals surface area contributed by atoms with Gasteiger partial charge in [-0.25, -0.2) is 0 Å². The summed E-state index contributed by atoms with van der Waals surface area (Å²) in [4.78, 5) is 29.4. The van der Waals surface area contributed by atoms with Crippen molar-refractivity contribution in [2.75, 3.05) is 0 Å². The van der Waals surface area contributed by atoms with Crippen molar-refractivity contribution < 1.29 is 29.7 Å². The Kier molecular flexibility index (Phi) is 9.03. The molecule has 94 valence electrons. The van der Waals surface area contributed by atoms with Gasteiger partial charge >= 0.3 is 17.9 Å². The number of hydrogen-bond acceptors (Lipinski definition) is 5. The summed E-state index contributed by atoms with van der Waals surface area (Å²) in [5.74, 6) is -3.16. The van der Waals surface area contributed by atoms with E-state index in [4.69, 9.17) is 26.8 Å². The predicted molar refractivity (Wildman–Crippen MR) is 53.8 cm³/mol. The molecule has 0 aliphatic heterocycles. The summed E-state index contributed by atoms with van der Waals surface area (Å²) < 4.78 is 0. The Bertz CT molecular complexity index is 253. The summed E-state index contributed by atoms with van der Waals surface area (Å²) in [5.41, 5.74) is 9.84. The molecule has 0 aromatic heterocycles. The van der Waals surface area contributed by atoms with Crippen molar-refractivity contribution in [3.63, 3.8) is 0 Å². The van der Waals surface area contributed by atoms with Crippen LogP contribution in [0.1, 0.15) is 19.8 Å². The third-order valence-electron chi connectivity index (χ3n) is 1.38. The molecule has 0 amide bonds. The molecule has 0 aliphatic carbocycles. The zero-order chi connectivity index (χ0) is 13.3. The molecule has 8 heteroatoms. The summed E-state index contributed by atoms with van der Waals surface area (Å²) in [5, 5.41) is 24.1. The average molecular weight is 236 g/mol. The van der Waals surface area contributed by atoms with Gasteiger partial charge < -0.3 is 26.8 Å². The van der Waals surface area contributed by atoms with E-state index in [1.807, 2.05) is 0 Å². The lowest BCUT2D eigenvalue weighted by Crippen LogP contribution is -2.30. The lowest BCUT2D eigenvalue weighted by molar-refractivity contribution is -0.140. The van der Waals surface area contributed by atoms with Crippen LogP contribution in [0.25, 0.3) is 0 Å². The first kappa shape index (κ1) is 16.7. The highest BCUT2D eigenvalue weighted by atomic mass is 16.4. The molecule has 0 bridgehead atoms. The second kappa shape index (κ2) is 8.62. The van der Waals surface area contributed by atoms with Crippen molar-refractivity contribution in [3.05, 3.63) is 0 Å². The second-order valence-corrected chi connectivity index (χ2v) is 3.00. The van der Waals surface area contributed by atoms with E-state index in [-0.39, 0.29) is 12.8 Å². The molecule has 0 saturated carbocycles. The van der Waals surface area contributed by atoms with E-state index < -0.39 is 30.0 Å². The number of rotatable bonds is 5. The number of aliphatic carboxylic acids is 3. The van der Waals surface area contributed by atoms with Crippen LogP contribution in [0.15, 0.2) is 0 Å². The van der Waals surface area contributed by atoms with Gasteiger partial charge in [0.15, 0.2) is 0 Å². The highest BCUT2D eigenvalue weighted by molar-refractivity contribution is 5.74. The van der Waals surface area contributed by atoms with Crippen molar-refractivity contribution in [1.82, 2.24) is 0 Å². The third-order valence-corrected chi connectivity index (χ3v) is 1.38. The molecule has 0 radical (unpaired) electrons. The average Bonchev–Trinajstić information content (AvgIpc) is 2.14. The molecule has 0 spiro atoms. The lowest BCUT2D eigenvalue weighted by atomic mass is 10.2. The van der Waals surface area contributed by atoms with E-state index >= 15 is 0 Å². The summed E-state index contributed by atoms with van der Waals surface area (Å²) in [6, 6.07) is -1.79. The highest BCUT2D eigenvalue weighted by Gasteiger charge is 2.12. The normalized spacial score (nSPS) is 12.9. The molecule has 0 saturated heterocycles. The van der Waals surface area contributed by atoms with Gasteiger partial charge in [0, 0.05) is 6.42 Å². The molecule has 2 unspecified atom stereocenters. The lowest BCUT2D eigenvalue weighted by Gasteiger charge is -2.01. The molecular weight excluding hydrogens is 220 g/mol. The molecule has 0 heterocycles. The Morgan fingerprint density at radius 2 is 1.44 bits per heavy atom. The molecule has 2 atom stereocenters. The SMILES string of the molecule is CC(N)C(=O)O.NC(CCC(=O)O)C(=O)O. The minimum Gasteiger partial charge on any atom is -0.481 e. The fourth-order valence-electron chi connectivity index (χ4n) is 0.402. The maximum atomic E-state index is 9.99. The summed E-state index contributed by atoms with van der Waals surface area (Å²) in [6.07, 6.45) is -0.224. The Morgan fingerprint density at radius 1 is 1.06 bits per heavy atom. The zero-order valence-corrected chi connectivity index (χ0v) is 8.79. The molecule has 7 N–H and O–H groups in total. The largest absolute Gasteiger partial charge is 0.481 e. The van der Waals surface area contributed by atoms with Crippen LogP contribution in [0.3, 0.4) is 0 Å². The van der Waals surface area contributed by atoms with E-state index in [2.05, 4.69) is 0 Å². The van der Waals surface area contributed by atoms with Gasteiger partial charge in [-0.2, -0.15) is 0 Å². The van der Waals surface area contributed by atoms with Gasteiger partial charge in [0.25, 0.3) is 0 Å². The Morgan fingerprint density at radius 3 is 1.62 bits per heavy atom. The maximum absolute atomic E-state index is 9.99. The van der Waals surface area contributed by atoms with E-state index in [0.717, 1.165) is 0 Å². The Hall–Kier alpha value is -1.67. The van der Waals surface area contributed by atoms with Gasteiger partial charge in [0.2, 0.25) is 0 Å². The van der Waals surface area contributed by atoms with Crippen molar-refractivity contribution in [2.45, 2.75) is 31.8 Å². The predicted octanol–water partition coefficient (Wildman–Crippen LogP) is -1.32. The Labute approximate surface area is 91.8 Å². The van der Waals surface area contributed by atoms with Gasteiger partial charge in [-0.15, -0.1) is 0 Å². The molecule has 0 aliphatic rings. The quantitative estimate of drug-likeness (QED) is 0.392. The second-order valence-electron chi connectivity index (χ2n) is 3.00. The first-order valence-corrected chi connectivity index (χ1v) is 4.37. The Balaban J connectivity index is 0. The van der Waals surface area contributed by atoms with Gasteiger partial charge in [-0.3, -0.25) is 14.4 Å². The van der Waals surface area contributed by atoms with Crippen LogP contribution in [0.4, 0.5) is 0 Å². The molecule has 0 aromatic carbocycles. The fraction of sp³-hybridized carbons (Fsp3) is 0.625. The molecule has 0 fully saturated rings. The van der Waals surface area contributed by atoms with Crippen LogP contribution in [-0.4, -0.2) is 45.3 Å². The first-order valence-electron chi connectivity index (χ1n) is 4.37. The van der Waals surface area contributed by atoms with Crippen LogP contribution in [-0.2, 0) is 14.4 Å². The molecule has 0 aromatic rings. The van der Waals surface area contributed by atoms with Crippen LogP contribution >= 0.6 is 0 Å². The monoisotopic (exact) mass is 236 g/mol. The summed E-state index contributed by atoms with van der Waals surface area (Å²) >= 11 is 0. The summed E-state index contributed by atoms with van der Waals surface area (Å²) in [6.45, 7) is 1.42. The maximum Gasteiger partial charge on any atom is 0.320 e. The van der Waals surface area contributed by atoms with Gasteiger partial charge in [0.1, 0.15) is 12.1 Å². The number of carboxylic acids is 3. The molecule has 8 nitrogen and oxygen atoms in total. The van der Waals surface area contributed by atoms with E-state index in [1.54, 1.807) is 0 Å². The topological polar surface area (TPSA) is 164 Å². The molecule has 16 heavy (non-hydrogen) atoms. The van der Waals surface area contributed by atoms with E-state index in [9.17, 15) is 14.4 Å². The smallest absolute Gasteiger partial charge is 0.320 e.